The van der Waals surface area contributed by atoms with Crippen LogP contribution in [0.3, 0.4) is 0 Å². The van der Waals surface area contributed by atoms with Gasteiger partial charge in [-0.1, -0.05) is 6.07 Å². The van der Waals surface area contributed by atoms with Crippen LogP contribution in [0.1, 0.15) is 43.2 Å². The zero-order chi connectivity index (χ0) is 25.0. The molecular weight excluding hydrogens is 434 g/mol. The number of carbonyl (C=O) groups excluding carboxylic acids is 2. The fourth-order valence-electron chi connectivity index (χ4n) is 3.69. The van der Waals surface area contributed by atoms with Gasteiger partial charge in [-0.25, -0.2) is 9.59 Å². The average Bonchev–Trinajstić information content (AvgIpc) is 3.09. The number of esters is 1. The van der Waals surface area contributed by atoms with E-state index in [-0.39, 0.29) is 16.8 Å². The molecule has 0 unspecified atom stereocenters. The molecule has 0 aliphatic heterocycles. The Balaban J connectivity index is 1.94. The Morgan fingerprint density at radius 1 is 1.06 bits per heavy atom. The maximum Gasteiger partial charge on any atom is 0.337 e. The van der Waals surface area contributed by atoms with E-state index in [0.29, 0.717) is 11.1 Å². The number of benzene rings is 2. The summed E-state index contributed by atoms with van der Waals surface area (Å²) in [6.45, 7) is 5.66. The number of aromatic carboxylic acids is 1. The predicted octanol–water partition coefficient (Wildman–Crippen LogP) is 4.43. The second-order valence-corrected chi connectivity index (χ2v) is 7.66. The summed E-state index contributed by atoms with van der Waals surface area (Å²) < 4.78 is 6.75. The molecule has 0 saturated heterocycles. The van der Waals surface area contributed by atoms with Gasteiger partial charge < -0.3 is 19.7 Å². The van der Waals surface area contributed by atoms with Crippen molar-refractivity contribution < 1.29 is 24.2 Å². The Bertz CT molecular complexity index is 1380. The molecule has 0 spiro atoms. The van der Waals surface area contributed by atoms with E-state index in [9.17, 15) is 19.6 Å². The fourth-order valence-corrected chi connectivity index (χ4v) is 3.69. The Hall–Kier alpha value is -4.64. The number of carbonyl (C=O) groups is 3. The molecule has 8 nitrogen and oxygen atoms in total. The number of methoxy groups -OCH3 is 1. The van der Waals surface area contributed by atoms with Crippen molar-refractivity contribution in [3.05, 3.63) is 87.7 Å². The van der Waals surface area contributed by atoms with E-state index in [0.717, 1.165) is 22.6 Å². The van der Waals surface area contributed by atoms with Gasteiger partial charge in [-0.05, 0) is 80.4 Å². The lowest BCUT2D eigenvalue weighted by molar-refractivity contribution is -0.112. The molecule has 1 aromatic heterocycles. The van der Waals surface area contributed by atoms with Crippen molar-refractivity contribution in [3.63, 3.8) is 0 Å². The number of nitrogens with one attached hydrogen (secondary N) is 1. The molecule has 8 heteroatoms. The van der Waals surface area contributed by atoms with Crippen molar-refractivity contribution in [2.24, 2.45) is 0 Å². The first-order valence-electron chi connectivity index (χ1n) is 10.3. The molecule has 2 N–H and O–H groups in total. The minimum atomic E-state index is -1.12. The van der Waals surface area contributed by atoms with Gasteiger partial charge in [0, 0.05) is 22.8 Å². The van der Waals surface area contributed by atoms with Gasteiger partial charge in [0.05, 0.1) is 18.2 Å². The SMILES string of the molecule is COC(=O)c1ccc(-n2c(C)cc(/C=C(/C#N)C(=O)Nc3cccc(C(=O)O)c3)c2C)c(C)c1. The first kappa shape index (κ1) is 24.0. The van der Waals surface area contributed by atoms with E-state index < -0.39 is 17.8 Å². The standard InChI is InChI=1S/C26H23N3O5/c1-15-10-19(26(33)34-4)8-9-23(15)29-16(2)11-20(17(29)3)12-21(14-27)24(30)28-22-7-5-6-18(13-22)25(31)32/h5-13H,1-4H3,(H,28,30)(H,31,32)/b21-12-. The highest BCUT2D eigenvalue weighted by atomic mass is 16.5. The van der Waals surface area contributed by atoms with Gasteiger partial charge in [0.15, 0.2) is 0 Å². The van der Waals surface area contributed by atoms with E-state index in [4.69, 9.17) is 9.84 Å². The zero-order valence-electron chi connectivity index (χ0n) is 19.2. The summed E-state index contributed by atoms with van der Waals surface area (Å²) in [6.07, 6.45) is 1.49. The summed E-state index contributed by atoms with van der Waals surface area (Å²) >= 11 is 0. The minimum Gasteiger partial charge on any atom is -0.478 e. The van der Waals surface area contributed by atoms with Crippen molar-refractivity contribution in [1.82, 2.24) is 4.57 Å². The van der Waals surface area contributed by atoms with E-state index in [1.54, 1.807) is 18.2 Å². The molecule has 0 radical (unpaired) electrons. The molecule has 1 heterocycles. The Labute approximate surface area is 196 Å². The fraction of sp³-hybridized carbons (Fsp3) is 0.154. The normalized spacial score (nSPS) is 11.0. The van der Waals surface area contributed by atoms with E-state index in [1.165, 1.54) is 31.4 Å². The number of carboxylic acid groups (broad SMARTS) is 1. The third-order valence-electron chi connectivity index (χ3n) is 5.36. The van der Waals surface area contributed by atoms with Gasteiger partial charge in [0.2, 0.25) is 0 Å². The van der Waals surface area contributed by atoms with Crippen LogP contribution < -0.4 is 5.32 Å². The first-order chi connectivity index (χ1) is 16.2. The molecule has 2 aromatic carbocycles. The van der Waals surface area contributed by atoms with Crippen molar-refractivity contribution in [1.29, 1.82) is 5.26 Å². The number of nitrogens with zero attached hydrogens (tertiary/aromatic N) is 2. The van der Waals surface area contributed by atoms with Crippen LogP contribution in [0, 0.1) is 32.1 Å². The maximum absolute atomic E-state index is 12.7. The van der Waals surface area contributed by atoms with Gasteiger partial charge in [-0.2, -0.15) is 5.26 Å². The third-order valence-corrected chi connectivity index (χ3v) is 5.36. The Morgan fingerprint density at radius 3 is 2.41 bits per heavy atom. The number of anilines is 1. The topological polar surface area (TPSA) is 121 Å². The summed E-state index contributed by atoms with van der Waals surface area (Å²) in [6, 6.07) is 14.8. The van der Waals surface area contributed by atoms with Crippen LogP contribution in [0.2, 0.25) is 0 Å². The summed E-state index contributed by atoms with van der Waals surface area (Å²) in [5.74, 6) is -2.18. The summed E-state index contributed by atoms with van der Waals surface area (Å²) in [5.41, 5.74) is 4.70. The van der Waals surface area contributed by atoms with E-state index in [2.05, 4.69) is 5.32 Å². The lowest BCUT2D eigenvalue weighted by Gasteiger charge is -2.14. The van der Waals surface area contributed by atoms with Crippen molar-refractivity contribution in [2.45, 2.75) is 20.8 Å². The average molecular weight is 457 g/mol. The highest BCUT2D eigenvalue weighted by Crippen LogP contribution is 2.26. The van der Waals surface area contributed by atoms with Crippen LogP contribution in [-0.2, 0) is 9.53 Å². The number of carboxylic acids is 1. The quantitative estimate of drug-likeness (QED) is 0.321. The largest absolute Gasteiger partial charge is 0.478 e. The van der Waals surface area contributed by atoms with Crippen LogP contribution >= 0.6 is 0 Å². The van der Waals surface area contributed by atoms with Crippen LogP contribution in [0.15, 0.2) is 54.1 Å². The minimum absolute atomic E-state index is 0.0254. The number of hydrogen-bond acceptors (Lipinski definition) is 5. The van der Waals surface area contributed by atoms with Crippen molar-refractivity contribution in [3.8, 4) is 11.8 Å². The van der Waals surface area contributed by atoms with Crippen LogP contribution in [0.4, 0.5) is 5.69 Å². The Morgan fingerprint density at radius 2 is 1.79 bits per heavy atom. The number of ether oxygens (including phenoxy) is 1. The molecule has 0 saturated carbocycles. The molecule has 0 aliphatic carbocycles. The molecule has 1 amide bonds. The maximum atomic E-state index is 12.7. The number of rotatable bonds is 6. The van der Waals surface area contributed by atoms with Gasteiger partial charge in [0.25, 0.3) is 5.91 Å². The number of hydrogen-bond donors (Lipinski definition) is 2. The molecule has 34 heavy (non-hydrogen) atoms. The number of amides is 1. The second-order valence-electron chi connectivity index (χ2n) is 7.66. The number of aromatic nitrogens is 1. The van der Waals surface area contributed by atoms with Crippen molar-refractivity contribution >= 4 is 29.6 Å². The molecule has 0 fully saturated rings. The van der Waals surface area contributed by atoms with Crippen LogP contribution in [0.25, 0.3) is 11.8 Å². The van der Waals surface area contributed by atoms with E-state index >= 15 is 0 Å². The van der Waals surface area contributed by atoms with Crippen LogP contribution in [0.5, 0.6) is 0 Å². The van der Waals surface area contributed by atoms with Crippen LogP contribution in [-0.4, -0.2) is 34.6 Å². The smallest absolute Gasteiger partial charge is 0.337 e. The lowest BCUT2D eigenvalue weighted by Crippen LogP contribution is -2.14. The summed E-state index contributed by atoms with van der Waals surface area (Å²) in [4.78, 5) is 35.7. The van der Waals surface area contributed by atoms with Gasteiger partial charge >= 0.3 is 11.9 Å². The van der Waals surface area contributed by atoms with Gasteiger partial charge in [-0.15, -0.1) is 0 Å². The second kappa shape index (κ2) is 9.88. The summed E-state index contributed by atoms with van der Waals surface area (Å²) in [7, 11) is 1.33. The number of aryl methyl sites for hydroxylation is 2. The van der Waals surface area contributed by atoms with Crippen molar-refractivity contribution in [2.75, 3.05) is 12.4 Å². The third kappa shape index (κ3) is 4.89. The number of nitriles is 1. The Kier molecular flexibility index (Phi) is 6.98. The molecule has 3 aromatic rings. The highest BCUT2D eigenvalue weighted by molar-refractivity contribution is 6.10. The van der Waals surface area contributed by atoms with E-state index in [1.807, 2.05) is 43.5 Å². The summed E-state index contributed by atoms with van der Waals surface area (Å²) in [5, 5.41) is 21.3. The monoisotopic (exact) mass is 457 g/mol. The lowest BCUT2D eigenvalue weighted by atomic mass is 10.1. The zero-order valence-corrected chi connectivity index (χ0v) is 19.2. The highest BCUT2D eigenvalue weighted by Gasteiger charge is 2.16. The molecule has 0 atom stereocenters. The van der Waals surface area contributed by atoms with Gasteiger partial charge in [-0.3, -0.25) is 4.79 Å². The molecule has 172 valence electrons. The molecule has 0 aliphatic rings. The molecular formula is C26H23N3O5. The molecule has 0 bridgehead atoms. The van der Waals surface area contributed by atoms with Gasteiger partial charge in [0.1, 0.15) is 11.6 Å². The first-order valence-corrected chi connectivity index (χ1v) is 10.3. The predicted molar refractivity (Wildman–Crippen MR) is 127 cm³/mol. The molecule has 3 rings (SSSR count).